The average molecular weight is 452 g/mol. The fraction of sp³-hybridized carbons (Fsp3) is 0.261. The van der Waals surface area contributed by atoms with Gasteiger partial charge in [0, 0.05) is 47.8 Å². The minimum absolute atomic E-state index is 0.111. The number of carbonyl (C=O) groups is 1. The summed E-state index contributed by atoms with van der Waals surface area (Å²) < 4.78 is 33.8. The Bertz CT molecular complexity index is 1430. The van der Waals surface area contributed by atoms with Gasteiger partial charge in [0.15, 0.2) is 5.84 Å². The third-order valence-corrected chi connectivity index (χ3v) is 7.32. The number of sulfonamides is 1. The van der Waals surface area contributed by atoms with Crippen molar-refractivity contribution in [2.45, 2.75) is 24.7 Å². The summed E-state index contributed by atoms with van der Waals surface area (Å²) in [6, 6.07) is 13.5. The zero-order valence-electron chi connectivity index (χ0n) is 17.4. The van der Waals surface area contributed by atoms with Crippen molar-refractivity contribution in [3.05, 3.63) is 70.1 Å². The molecule has 1 N–H and O–H groups in total. The Morgan fingerprint density at radius 1 is 1.12 bits per heavy atom. The van der Waals surface area contributed by atoms with Gasteiger partial charge in [-0.1, -0.05) is 12.1 Å². The Morgan fingerprint density at radius 3 is 2.66 bits per heavy atom. The highest BCUT2D eigenvalue weighted by Crippen LogP contribution is 2.30. The summed E-state index contributed by atoms with van der Waals surface area (Å²) in [5.74, 6) is 0.139. The van der Waals surface area contributed by atoms with Crippen LogP contribution in [0.1, 0.15) is 24.0 Å². The van der Waals surface area contributed by atoms with Gasteiger partial charge >= 0.3 is 5.63 Å². The summed E-state index contributed by atoms with van der Waals surface area (Å²) in [5, 5.41) is 3.73. The topological polar surface area (TPSA) is 109 Å². The molecular weight excluding hydrogens is 430 g/mol. The van der Waals surface area contributed by atoms with Crippen molar-refractivity contribution >= 4 is 38.4 Å². The Labute approximate surface area is 184 Å². The monoisotopic (exact) mass is 451 g/mol. The number of amides is 1. The minimum atomic E-state index is -3.66. The fourth-order valence-corrected chi connectivity index (χ4v) is 5.54. The molecule has 0 aliphatic carbocycles. The quantitative estimate of drug-likeness (QED) is 0.600. The van der Waals surface area contributed by atoms with E-state index in [2.05, 4.69) is 9.71 Å². The Balaban J connectivity index is 1.28. The van der Waals surface area contributed by atoms with Crippen molar-refractivity contribution in [2.24, 2.45) is 10.3 Å². The summed E-state index contributed by atoms with van der Waals surface area (Å²) in [6.07, 6.45) is 1.16. The van der Waals surface area contributed by atoms with Gasteiger partial charge in [-0.3, -0.25) is 4.79 Å². The number of hydrogen-bond donors (Lipinski definition) is 1. The molecule has 2 aromatic carbocycles. The van der Waals surface area contributed by atoms with E-state index in [-0.39, 0.29) is 16.7 Å². The largest absolute Gasteiger partial charge is 0.423 e. The van der Waals surface area contributed by atoms with Gasteiger partial charge in [0.2, 0.25) is 5.91 Å². The van der Waals surface area contributed by atoms with Gasteiger partial charge in [-0.25, -0.2) is 4.79 Å². The molecule has 0 atom stereocenters. The van der Waals surface area contributed by atoms with E-state index in [1.165, 1.54) is 6.07 Å². The average Bonchev–Trinajstić information content (AvgIpc) is 3.04. The van der Waals surface area contributed by atoms with Crippen molar-refractivity contribution in [3.8, 4) is 0 Å². The molecule has 5 rings (SSSR count). The third-order valence-electron chi connectivity index (χ3n) is 6.00. The number of rotatable bonds is 2. The maximum atomic E-state index is 12.8. The van der Waals surface area contributed by atoms with E-state index in [9.17, 15) is 18.0 Å². The van der Waals surface area contributed by atoms with Crippen LogP contribution in [0.2, 0.25) is 0 Å². The molecule has 1 amide bonds. The first-order valence-corrected chi connectivity index (χ1v) is 11.8. The van der Waals surface area contributed by atoms with Crippen molar-refractivity contribution in [1.82, 2.24) is 4.90 Å². The predicted molar refractivity (Wildman–Crippen MR) is 120 cm³/mol. The van der Waals surface area contributed by atoms with Gasteiger partial charge in [-0.15, -0.1) is 4.40 Å². The summed E-state index contributed by atoms with van der Waals surface area (Å²) in [7, 11) is -3.66. The first-order valence-electron chi connectivity index (χ1n) is 10.4. The third kappa shape index (κ3) is 3.58. The molecule has 0 unspecified atom stereocenters. The van der Waals surface area contributed by atoms with Crippen LogP contribution in [0, 0.1) is 12.8 Å². The number of hydrogen-bond acceptors (Lipinski definition) is 6. The van der Waals surface area contributed by atoms with Crippen LogP contribution in [0.15, 0.2) is 67.0 Å². The molecule has 8 nitrogen and oxygen atoms in total. The molecule has 0 bridgehead atoms. The van der Waals surface area contributed by atoms with Gasteiger partial charge in [-0.05, 0) is 49.6 Å². The number of piperidine rings is 1. The van der Waals surface area contributed by atoms with Crippen molar-refractivity contribution in [3.63, 3.8) is 0 Å². The zero-order valence-corrected chi connectivity index (χ0v) is 18.2. The molecule has 9 heteroatoms. The Hall–Kier alpha value is -3.46. The highest BCUT2D eigenvalue weighted by molar-refractivity contribution is 7.90. The second-order valence-electron chi connectivity index (χ2n) is 8.10. The molecule has 32 heavy (non-hydrogen) atoms. The van der Waals surface area contributed by atoms with Gasteiger partial charge in [-0.2, -0.15) is 8.42 Å². The van der Waals surface area contributed by atoms with Crippen molar-refractivity contribution in [2.75, 3.05) is 18.4 Å². The second-order valence-corrected chi connectivity index (χ2v) is 9.67. The minimum Gasteiger partial charge on any atom is -0.423 e. The van der Waals surface area contributed by atoms with Crippen LogP contribution in [0.5, 0.6) is 0 Å². The lowest BCUT2D eigenvalue weighted by molar-refractivity contribution is -0.120. The molecule has 1 aromatic heterocycles. The van der Waals surface area contributed by atoms with Crippen molar-refractivity contribution in [1.29, 1.82) is 0 Å². The molecule has 1 saturated heterocycles. The lowest BCUT2D eigenvalue weighted by Gasteiger charge is -2.32. The van der Waals surface area contributed by atoms with E-state index in [0.717, 1.165) is 10.9 Å². The smallest absolute Gasteiger partial charge is 0.336 e. The van der Waals surface area contributed by atoms with Crippen LogP contribution >= 0.6 is 0 Å². The summed E-state index contributed by atoms with van der Waals surface area (Å²) in [5.41, 5.74) is 2.01. The van der Waals surface area contributed by atoms with E-state index < -0.39 is 15.6 Å². The van der Waals surface area contributed by atoms with Gasteiger partial charge in [0.05, 0.1) is 0 Å². The molecule has 3 aromatic rings. The normalized spacial score (nSPS) is 17.8. The predicted octanol–water partition coefficient (Wildman–Crippen LogP) is 2.90. The number of fused-ring (bicyclic) bond motifs is 2. The maximum Gasteiger partial charge on any atom is 0.336 e. The van der Waals surface area contributed by atoms with Crippen molar-refractivity contribution < 1.29 is 17.6 Å². The first-order chi connectivity index (χ1) is 15.3. The van der Waals surface area contributed by atoms with E-state index in [4.69, 9.17) is 4.42 Å². The lowest BCUT2D eigenvalue weighted by atomic mass is 9.95. The molecule has 2 aliphatic rings. The Morgan fingerprint density at radius 2 is 1.88 bits per heavy atom. The number of benzene rings is 2. The molecule has 2 aliphatic heterocycles. The van der Waals surface area contributed by atoms with Crippen LogP contribution in [0.3, 0.4) is 0 Å². The van der Waals surface area contributed by atoms with E-state index >= 15 is 0 Å². The molecule has 0 spiro atoms. The fourth-order valence-electron chi connectivity index (χ4n) is 4.32. The number of nitrogens with zero attached hydrogens (tertiary/aromatic N) is 2. The number of likely N-dealkylation sites (tertiary alicyclic amines) is 1. The molecule has 3 heterocycles. The standard InChI is InChI=1S/C23H21N3O5S/c1-14-12-21(27)31-19-13-16(6-7-17(14)19)24-23(28)15-8-10-26(11-9-15)22-18-4-2-3-5-20(18)32(29,30)25-22/h2-7,12-13,15H,8-11H2,1H3,(H,24,28). The van der Waals surface area contributed by atoms with Crippen LogP contribution in [0.4, 0.5) is 5.69 Å². The number of nitrogens with one attached hydrogen (secondary N) is 1. The highest BCUT2D eigenvalue weighted by Gasteiger charge is 2.34. The van der Waals surface area contributed by atoms with E-state index in [0.29, 0.717) is 48.6 Å². The van der Waals surface area contributed by atoms with E-state index in [1.54, 1.807) is 36.4 Å². The van der Waals surface area contributed by atoms with Crippen LogP contribution in [-0.2, 0) is 14.8 Å². The summed E-state index contributed by atoms with van der Waals surface area (Å²) >= 11 is 0. The van der Waals surface area contributed by atoms with Crippen LogP contribution in [0.25, 0.3) is 11.0 Å². The van der Waals surface area contributed by atoms with Gasteiger partial charge < -0.3 is 14.6 Å². The molecule has 0 saturated carbocycles. The summed E-state index contributed by atoms with van der Waals surface area (Å²) in [6.45, 7) is 2.91. The number of carbonyl (C=O) groups excluding carboxylic acids is 1. The maximum absolute atomic E-state index is 12.8. The second kappa shape index (κ2) is 7.59. The number of anilines is 1. The molecule has 1 fully saturated rings. The Kier molecular flexibility index (Phi) is 4.85. The molecule has 0 radical (unpaired) electrons. The first kappa shape index (κ1) is 20.4. The highest BCUT2D eigenvalue weighted by atomic mass is 32.2. The van der Waals surface area contributed by atoms with Gasteiger partial charge in [0.1, 0.15) is 10.5 Å². The van der Waals surface area contributed by atoms with Crippen LogP contribution in [-0.4, -0.2) is 38.2 Å². The molecular formula is C23H21N3O5S. The van der Waals surface area contributed by atoms with Crippen LogP contribution < -0.4 is 10.9 Å². The van der Waals surface area contributed by atoms with E-state index in [1.807, 2.05) is 17.9 Å². The number of amidine groups is 1. The number of aryl methyl sites for hydroxylation is 1. The molecule has 164 valence electrons. The van der Waals surface area contributed by atoms with Gasteiger partial charge in [0.25, 0.3) is 10.0 Å². The lowest BCUT2D eigenvalue weighted by Crippen LogP contribution is -2.41. The zero-order chi connectivity index (χ0) is 22.5. The summed E-state index contributed by atoms with van der Waals surface area (Å²) in [4.78, 5) is 26.6. The SMILES string of the molecule is Cc1cc(=O)oc2cc(NC(=O)C3CCN(C4=NS(=O)(=O)c5ccccc54)CC3)ccc12.